The van der Waals surface area contributed by atoms with Crippen LogP contribution in [-0.2, 0) is 0 Å². The number of halogens is 1. The molecule has 0 aliphatic carbocycles. The first-order valence-electron chi connectivity index (χ1n) is 9.02. The number of carbonyl (C=O) groups excluding carboxylic acids is 1. The second-order valence-corrected chi connectivity index (χ2v) is 8.16. The standard InChI is InChI=1S/C22H23BrO3S/c1-25-16-9-7-15(8-10-16)22-21(19(24)6-4-3-5-13-23)18-12-11-17(26-2)14-20(18)27-22/h7-12,14H,3-6,13H2,1-2H3. The SMILES string of the molecule is COc1ccc(-c2sc3cc(OC)ccc3c2C(=O)CCCCCBr)cc1. The molecule has 0 N–H and O–H groups in total. The molecule has 0 radical (unpaired) electrons. The van der Waals surface area contributed by atoms with E-state index in [4.69, 9.17) is 9.47 Å². The molecule has 1 aromatic heterocycles. The summed E-state index contributed by atoms with van der Waals surface area (Å²) in [6.45, 7) is 0. The zero-order valence-electron chi connectivity index (χ0n) is 15.6. The van der Waals surface area contributed by atoms with E-state index >= 15 is 0 Å². The van der Waals surface area contributed by atoms with Crippen molar-refractivity contribution in [1.29, 1.82) is 0 Å². The maximum Gasteiger partial charge on any atom is 0.164 e. The molecule has 0 saturated carbocycles. The summed E-state index contributed by atoms with van der Waals surface area (Å²) < 4.78 is 11.7. The number of rotatable bonds is 9. The van der Waals surface area contributed by atoms with Gasteiger partial charge in [-0.25, -0.2) is 0 Å². The van der Waals surface area contributed by atoms with Crippen LogP contribution >= 0.6 is 27.3 Å². The molecular formula is C22H23BrO3S. The summed E-state index contributed by atoms with van der Waals surface area (Å²) >= 11 is 5.09. The quantitative estimate of drug-likeness (QED) is 0.207. The first-order chi connectivity index (χ1) is 13.2. The second kappa shape index (κ2) is 9.38. The summed E-state index contributed by atoms with van der Waals surface area (Å²) in [4.78, 5) is 14.1. The molecule has 2 aromatic carbocycles. The van der Waals surface area contributed by atoms with Crippen molar-refractivity contribution >= 4 is 43.1 Å². The monoisotopic (exact) mass is 446 g/mol. The van der Waals surface area contributed by atoms with E-state index < -0.39 is 0 Å². The largest absolute Gasteiger partial charge is 0.497 e. The van der Waals surface area contributed by atoms with Crippen LogP contribution in [0, 0.1) is 0 Å². The summed E-state index contributed by atoms with van der Waals surface area (Å²) in [5.41, 5.74) is 1.88. The van der Waals surface area contributed by atoms with Gasteiger partial charge in [0, 0.05) is 32.3 Å². The van der Waals surface area contributed by atoms with Gasteiger partial charge in [0.2, 0.25) is 0 Å². The van der Waals surface area contributed by atoms with Crippen molar-refractivity contribution in [3.63, 3.8) is 0 Å². The van der Waals surface area contributed by atoms with Crippen molar-refractivity contribution < 1.29 is 14.3 Å². The zero-order valence-corrected chi connectivity index (χ0v) is 18.0. The fraction of sp³-hybridized carbons (Fsp3) is 0.318. The van der Waals surface area contributed by atoms with Crippen molar-refractivity contribution in [3.8, 4) is 21.9 Å². The number of ketones is 1. The molecule has 0 unspecified atom stereocenters. The number of methoxy groups -OCH3 is 2. The van der Waals surface area contributed by atoms with Gasteiger partial charge >= 0.3 is 0 Å². The Labute approximate surface area is 172 Å². The molecule has 0 fully saturated rings. The lowest BCUT2D eigenvalue weighted by Crippen LogP contribution is -2.00. The first-order valence-corrected chi connectivity index (χ1v) is 11.0. The lowest BCUT2D eigenvalue weighted by Gasteiger charge is -2.06. The third kappa shape index (κ3) is 4.53. The molecule has 0 amide bonds. The summed E-state index contributed by atoms with van der Waals surface area (Å²) in [6.07, 6.45) is 3.65. The highest BCUT2D eigenvalue weighted by atomic mass is 79.9. The number of fused-ring (bicyclic) bond motifs is 1. The summed E-state index contributed by atoms with van der Waals surface area (Å²) in [5, 5.41) is 2.00. The highest BCUT2D eigenvalue weighted by Crippen LogP contribution is 2.41. The van der Waals surface area contributed by atoms with Crippen LogP contribution in [0.15, 0.2) is 42.5 Å². The average Bonchev–Trinajstić information content (AvgIpc) is 3.09. The van der Waals surface area contributed by atoms with Gasteiger partial charge in [-0.3, -0.25) is 4.79 Å². The molecule has 0 spiro atoms. The lowest BCUT2D eigenvalue weighted by atomic mass is 9.98. The van der Waals surface area contributed by atoms with Crippen LogP contribution in [0.2, 0.25) is 0 Å². The highest BCUT2D eigenvalue weighted by molar-refractivity contribution is 9.09. The van der Waals surface area contributed by atoms with Crippen molar-refractivity contribution in [2.75, 3.05) is 19.5 Å². The molecule has 3 aromatic rings. The van der Waals surface area contributed by atoms with Crippen LogP contribution in [0.1, 0.15) is 36.0 Å². The molecule has 0 saturated heterocycles. The molecule has 3 rings (SSSR count). The minimum Gasteiger partial charge on any atom is -0.497 e. The normalized spacial score (nSPS) is 10.9. The van der Waals surface area contributed by atoms with Crippen LogP contribution in [0.5, 0.6) is 11.5 Å². The third-order valence-corrected chi connectivity index (χ3v) is 6.33. The minimum atomic E-state index is 0.215. The zero-order chi connectivity index (χ0) is 19.2. The number of thiophene rings is 1. The highest BCUT2D eigenvalue weighted by Gasteiger charge is 2.20. The van der Waals surface area contributed by atoms with Gasteiger partial charge in [-0.05, 0) is 60.9 Å². The summed E-state index contributed by atoms with van der Waals surface area (Å²) in [6, 6.07) is 13.8. The van der Waals surface area contributed by atoms with Crippen molar-refractivity contribution in [1.82, 2.24) is 0 Å². The fourth-order valence-corrected chi connectivity index (χ4v) is 4.76. The Hall–Kier alpha value is -1.85. The third-order valence-electron chi connectivity index (χ3n) is 4.57. The van der Waals surface area contributed by atoms with Gasteiger partial charge in [-0.15, -0.1) is 11.3 Å². The Morgan fingerprint density at radius 2 is 1.67 bits per heavy atom. The molecule has 0 aliphatic rings. The lowest BCUT2D eigenvalue weighted by molar-refractivity contribution is 0.0982. The molecule has 1 heterocycles. The van der Waals surface area contributed by atoms with E-state index in [9.17, 15) is 4.79 Å². The minimum absolute atomic E-state index is 0.215. The van der Waals surface area contributed by atoms with Crippen LogP contribution in [0.4, 0.5) is 0 Å². The number of ether oxygens (including phenoxy) is 2. The smallest absolute Gasteiger partial charge is 0.164 e. The Balaban J connectivity index is 2.02. The Bertz CT molecular complexity index is 915. The van der Waals surface area contributed by atoms with Crippen LogP contribution in [0.25, 0.3) is 20.5 Å². The van der Waals surface area contributed by atoms with Gasteiger partial charge in [0.15, 0.2) is 5.78 Å². The van der Waals surface area contributed by atoms with Crippen LogP contribution in [-0.4, -0.2) is 25.3 Å². The molecule has 0 atom stereocenters. The number of carbonyl (C=O) groups is 1. The molecular weight excluding hydrogens is 424 g/mol. The number of hydrogen-bond donors (Lipinski definition) is 0. The van der Waals surface area contributed by atoms with Crippen molar-refractivity contribution in [3.05, 3.63) is 48.0 Å². The molecule has 142 valence electrons. The number of alkyl halides is 1. The van der Waals surface area contributed by atoms with E-state index in [0.29, 0.717) is 6.42 Å². The number of hydrogen-bond acceptors (Lipinski definition) is 4. The van der Waals surface area contributed by atoms with Gasteiger partial charge in [0.25, 0.3) is 0 Å². The molecule has 3 nitrogen and oxygen atoms in total. The first kappa shape index (κ1) is 19.9. The fourth-order valence-electron chi connectivity index (χ4n) is 3.11. The summed E-state index contributed by atoms with van der Waals surface area (Å²) in [7, 11) is 3.32. The average molecular weight is 447 g/mol. The van der Waals surface area contributed by atoms with Crippen molar-refractivity contribution in [2.45, 2.75) is 25.7 Å². The van der Waals surface area contributed by atoms with Crippen molar-refractivity contribution in [2.24, 2.45) is 0 Å². The van der Waals surface area contributed by atoms with Crippen LogP contribution < -0.4 is 9.47 Å². The van der Waals surface area contributed by atoms with E-state index in [1.54, 1.807) is 25.6 Å². The van der Waals surface area contributed by atoms with E-state index in [0.717, 1.165) is 62.2 Å². The Morgan fingerprint density at radius 3 is 2.33 bits per heavy atom. The van der Waals surface area contributed by atoms with E-state index in [-0.39, 0.29) is 5.78 Å². The molecule has 27 heavy (non-hydrogen) atoms. The topological polar surface area (TPSA) is 35.5 Å². The maximum absolute atomic E-state index is 13.1. The number of unbranched alkanes of at least 4 members (excludes halogenated alkanes) is 2. The maximum atomic E-state index is 13.1. The van der Waals surface area contributed by atoms with Crippen LogP contribution in [0.3, 0.4) is 0 Å². The van der Waals surface area contributed by atoms with E-state index in [2.05, 4.69) is 15.9 Å². The van der Waals surface area contributed by atoms with E-state index in [1.165, 1.54) is 0 Å². The summed E-state index contributed by atoms with van der Waals surface area (Å²) in [5.74, 6) is 1.83. The second-order valence-electron chi connectivity index (χ2n) is 6.32. The predicted molar refractivity (Wildman–Crippen MR) is 117 cm³/mol. The molecule has 0 aliphatic heterocycles. The Kier molecular flexibility index (Phi) is 6.91. The molecule has 0 bridgehead atoms. The number of benzene rings is 2. The van der Waals surface area contributed by atoms with Gasteiger partial charge < -0.3 is 9.47 Å². The van der Waals surface area contributed by atoms with Gasteiger partial charge in [0.05, 0.1) is 14.2 Å². The number of Topliss-reactive ketones (excluding diaryl/α,β-unsaturated/α-hetero) is 1. The predicted octanol–water partition coefficient (Wildman–Crippen LogP) is 6.72. The van der Waals surface area contributed by atoms with Gasteiger partial charge in [-0.2, -0.15) is 0 Å². The van der Waals surface area contributed by atoms with Gasteiger partial charge in [-0.1, -0.05) is 22.4 Å². The Morgan fingerprint density at radius 1 is 0.963 bits per heavy atom. The van der Waals surface area contributed by atoms with E-state index in [1.807, 2.05) is 42.5 Å². The molecule has 5 heteroatoms. The van der Waals surface area contributed by atoms with Gasteiger partial charge in [0.1, 0.15) is 11.5 Å².